The van der Waals surface area contributed by atoms with Crippen molar-refractivity contribution in [3.63, 3.8) is 0 Å². The largest absolute Gasteiger partial charge is 0.567 e. The highest BCUT2D eigenvalue weighted by molar-refractivity contribution is 4.36. The Morgan fingerprint density at radius 2 is 1.08 bits per heavy atom. The van der Waals surface area contributed by atoms with E-state index in [0.29, 0.717) is 9.72 Å². The van der Waals surface area contributed by atoms with Gasteiger partial charge in [0.2, 0.25) is 13.1 Å². The Morgan fingerprint density at radius 3 is 1.25 bits per heavy atom. The maximum atomic E-state index is 11.0. The van der Waals surface area contributed by atoms with Gasteiger partial charge >= 0.3 is 0 Å². The summed E-state index contributed by atoms with van der Waals surface area (Å²) < 4.78 is 0. The Labute approximate surface area is 73.7 Å². The van der Waals surface area contributed by atoms with Crippen molar-refractivity contribution in [3.05, 3.63) is 10.4 Å². The minimum Gasteiger partial charge on any atom is -0.567 e. The first-order chi connectivity index (χ1) is 5.43. The van der Waals surface area contributed by atoms with Crippen LogP contribution in [0.1, 0.15) is 27.7 Å². The minimum absolute atomic E-state index is 0.228. The molecule has 0 bridgehead atoms. The number of azo groups is 1. The molecule has 4 nitrogen and oxygen atoms in total. The summed E-state index contributed by atoms with van der Waals surface area (Å²) in [6, 6.07) is 0. The Morgan fingerprint density at radius 1 is 0.833 bits per heavy atom. The number of hydrogen-bond donors (Lipinski definition) is 0. The van der Waals surface area contributed by atoms with E-state index in [1.807, 2.05) is 27.7 Å². The van der Waals surface area contributed by atoms with Crippen LogP contribution in [0.2, 0.25) is 0 Å². The van der Waals surface area contributed by atoms with Gasteiger partial charge in [-0.2, -0.15) is 0 Å². The van der Waals surface area contributed by atoms with Crippen LogP contribution >= 0.6 is 0 Å². The molecule has 72 valence electrons. The van der Waals surface area contributed by atoms with Crippen molar-refractivity contribution in [1.82, 2.24) is 0 Å². The van der Waals surface area contributed by atoms with Gasteiger partial charge in [-0.1, -0.05) is 27.7 Å². The van der Waals surface area contributed by atoms with E-state index in [-0.39, 0.29) is 24.9 Å². The summed E-state index contributed by atoms with van der Waals surface area (Å²) in [5.41, 5.74) is 0. The average Bonchev–Trinajstić information content (AvgIpc) is 1.84. The second-order valence-electron chi connectivity index (χ2n) is 3.86. The highest BCUT2D eigenvalue weighted by atomic mass is 16.6. The fourth-order valence-corrected chi connectivity index (χ4v) is 0.807. The van der Waals surface area contributed by atoms with Gasteiger partial charge < -0.3 is 10.4 Å². The van der Waals surface area contributed by atoms with E-state index in [9.17, 15) is 10.4 Å². The molecule has 0 amide bonds. The van der Waals surface area contributed by atoms with Crippen molar-refractivity contribution in [2.45, 2.75) is 27.7 Å². The summed E-state index contributed by atoms with van der Waals surface area (Å²) in [4.78, 5) is 0.981. The van der Waals surface area contributed by atoms with Gasteiger partial charge in [-0.15, -0.1) is 0 Å². The van der Waals surface area contributed by atoms with E-state index >= 15 is 0 Å². The van der Waals surface area contributed by atoms with Gasteiger partial charge in [-0.25, -0.2) is 0 Å². The van der Waals surface area contributed by atoms with Crippen molar-refractivity contribution < 1.29 is 9.72 Å². The predicted molar refractivity (Wildman–Crippen MR) is 46.7 cm³/mol. The Hall–Kier alpha value is -0.800. The number of hydrogen-bond acceptors (Lipinski definition) is 2. The molecule has 12 heavy (non-hydrogen) atoms. The average molecular weight is 174 g/mol. The monoisotopic (exact) mass is 174 g/mol. The lowest BCUT2D eigenvalue weighted by Gasteiger charge is -2.07. The molecular weight excluding hydrogens is 156 g/mol. The second-order valence-corrected chi connectivity index (χ2v) is 3.86. The van der Waals surface area contributed by atoms with E-state index in [1.165, 1.54) is 0 Å². The van der Waals surface area contributed by atoms with E-state index in [2.05, 4.69) is 0 Å². The van der Waals surface area contributed by atoms with E-state index in [1.54, 1.807) is 0 Å². The van der Waals surface area contributed by atoms with Crippen LogP contribution < -0.4 is 0 Å². The van der Waals surface area contributed by atoms with E-state index in [4.69, 9.17) is 0 Å². The highest BCUT2D eigenvalue weighted by Crippen LogP contribution is 1.95. The van der Waals surface area contributed by atoms with Crippen LogP contribution in [0.25, 0.3) is 0 Å². The molecule has 0 radical (unpaired) electrons. The van der Waals surface area contributed by atoms with Crippen LogP contribution in [-0.4, -0.2) is 22.8 Å². The summed E-state index contributed by atoms with van der Waals surface area (Å²) in [5, 5.41) is 22.0. The Balaban J connectivity index is 4.06. The van der Waals surface area contributed by atoms with Crippen molar-refractivity contribution in [2.24, 2.45) is 11.8 Å². The van der Waals surface area contributed by atoms with Crippen LogP contribution in [-0.2, 0) is 0 Å². The molecule has 0 fully saturated rings. The third-order valence-electron chi connectivity index (χ3n) is 1.29. The van der Waals surface area contributed by atoms with Gasteiger partial charge in [0.1, 0.15) is 0 Å². The quantitative estimate of drug-likeness (QED) is 0.370. The third-order valence-corrected chi connectivity index (χ3v) is 1.29. The number of nitrogens with zero attached hydrogens (tertiary/aromatic N) is 2. The van der Waals surface area contributed by atoms with Gasteiger partial charge in [0.05, 0.1) is 0 Å². The van der Waals surface area contributed by atoms with Crippen LogP contribution in [0.4, 0.5) is 0 Å². The molecule has 0 saturated heterocycles. The zero-order valence-corrected chi connectivity index (χ0v) is 8.28. The van der Waals surface area contributed by atoms with E-state index < -0.39 is 0 Å². The van der Waals surface area contributed by atoms with Crippen LogP contribution in [0.3, 0.4) is 0 Å². The maximum absolute atomic E-state index is 11.0. The van der Waals surface area contributed by atoms with Crippen molar-refractivity contribution in [1.29, 1.82) is 0 Å². The standard InChI is InChI=1S/C8H18N2O2/c1-7(2)5-9(11)10(12)6-8(3)4/h7-8H,5-6H2,1-4H3/b10-9+. The summed E-state index contributed by atoms with van der Waals surface area (Å²) in [5.74, 6) is 0.456. The molecule has 0 aromatic heterocycles. The maximum Gasteiger partial charge on any atom is 0.222 e. The molecular formula is C8H18N2O2. The zero-order chi connectivity index (χ0) is 9.72. The number of rotatable bonds is 4. The van der Waals surface area contributed by atoms with Crippen LogP contribution in [0.5, 0.6) is 0 Å². The van der Waals surface area contributed by atoms with Crippen molar-refractivity contribution >= 4 is 0 Å². The highest BCUT2D eigenvalue weighted by Gasteiger charge is 2.11. The van der Waals surface area contributed by atoms with Crippen molar-refractivity contribution in [3.8, 4) is 0 Å². The van der Waals surface area contributed by atoms with Crippen LogP contribution in [0, 0.1) is 22.3 Å². The fourth-order valence-electron chi connectivity index (χ4n) is 0.807. The normalized spacial score (nSPS) is 13.8. The first kappa shape index (κ1) is 11.2. The van der Waals surface area contributed by atoms with Gasteiger partial charge in [0.15, 0.2) is 0 Å². The topological polar surface area (TPSA) is 52.1 Å². The fraction of sp³-hybridized carbons (Fsp3) is 1.00. The summed E-state index contributed by atoms with van der Waals surface area (Å²) in [6.45, 7) is 8.19. The molecule has 0 spiro atoms. The lowest BCUT2D eigenvalue weighted by molar-refractivity contribution is -0.973. The summed E-state index contributed by atoms with van der Waals surface area (Å²) in [6.07, 6.45) is 0. The number of hydroxylamine groups is 2. The summed E-state index contributed by atoms with van der Waals surface area (Å²) in [7, 11) is 0. The zero-order valence-electron chi connectivity index (χ0n) is 8.28. The molecule has 4 heteroatoms. The first-order valence-electron chi connectivity index (χ1n) is 4.32. The predicted octanol–water partition coefficient (Wildman–Crippen LogP) is 1.77. The molecule has 0 N–H and O–H groups in total. The van der Waals surface area contributed by atoms with Gasteiger partial charge in [-0.3, -0.25) is 0 Å². The van der Waals surface area contributed by atoms with Crippen molar-refractivity contribution in [2.75, 3.05) is 13.1 Å². The molecule has 0 aliphatic heterocycles. The molecule has 0 aromatic rings. The molecule has 0 atom stereocenters. The minimum atomic E-state index is 0.228. The lowest BCUT2D eigenvalue weighted by Crippen LogP contribution is -2.24. The molecule has 0 aliphatic rings. The van der Waals surface area contributed by atoms with Crippen LogP contribution in [0.15, 0.2) is 0 Å². The molecule has 0 rings (SSSR count). The molecule has 0 unspecified atom stereocenters. The smallest absolute Gasteiger partial charge is 0.222 e. The SMILES string of the molecule is CC(C)C/[N+]([O-])=[N+](\[O-])CC(C)C. The summed E-state index contributed by atoms with van der Waals surface area (Å²) >= 11 is 0. The Bertz CT molecular complexity index is 146. The van der Waals surface area contributed by atoms with Gasteiger partial charge in [0.25, 0.3) is 0 Å². The molecule has 0 saturated carbocycles. The first-order valence-corrected chi connectivity index (χ1v) is 4.32. The molecule has 0 aromatic carbocycles. The van der Waals surface area contributed by atoms with Gasteiger partial charge in [0, 0.05) is 21.6 Å². The molecule has 0 aliphatic carbocycles. The van der Waals surface area contributed by atoms with E-state index in [0.717, 1.165) is 0 Å². The lowest BCUT2D eigenvalue weighted by atomic mass is 10.2. The third kappa shape index (κ3) is 4.93. The Kier molecular flexibility index (Phi) is 4.62. The van der Waals surface area contributed by atoms with Gasteiger partial charge in [-0.05, 0) is 0 Å². The molecule has 0 heterocycles. The second kappa shape index (κ2) is 4.95.